The lowest BCUT2D eigenvalue weighted by Crippen LogP contribution is -2.35. The lowest BCUT2D eigenvalue weighted by molar-refractivity contribution is 0.0260. The van der Waals surface area contributed by atoms with Gasteiger partial charge in [0, 0.05) is 18.7 Å². The Bertz CT molecular complexity index is 546. The zero-order chi connectivity index (χ0) is 13.3. The van der Waals surface area contributed by atoms with Crippen LogP contribution in [-0.4, -0.2) is 33.4 Å². The number of hydrogen-bond acceptors (Lipinski definition) is 4. The summed E-state index contributed by atoms with van der Waals surface area (Å²) in [5, 5.41) is 3.06. The van der Waals surface area contributed by atoms with Gasteiger partial charge in [0.15, 0.2) is 9.84 Å². The minimum absolute atomic E-state index is 0.153. The zero-order valence-corrected chi connectivity index (χ0v) is 11.7. The first kappa shape index (κ1) is 13.1. The molecular weight excluding hydrogens is 262 g/mol. The van der Waals surface area contributed by atoms with Crippen molar-refractivity contribution in [3.63, 3.8) is 0 Å². The number of morpholine rings is 1. The van der Waals surface area contributed by atoms with Crippen molar-refractivity contribution in [3.8, 4) is 0 Å². The van der Waals surface area contributed by atoms with Crippen molar-refractivity contribution >= 4 is 9.84 Å². The van der Waals surface area contributed by atoms with Gasteiger partial charge < -0.3 is 10.1 Å². The summed E-state index contributed by atoms with van der Waals surface area (Å²) in [4.78, 5) is 0.466. The summed E-state index contributed by atoms with van der Waals surface area (Å²) in [6, 6.07) is 7.28. The highest BCUT2D eigenvalue weighted by atomic mass is 32.2. The molecule has 1 saturated carbocycles. The van der Waals surface area contributed by atoms with E-state index in [0.717, 1.165) is 31.4 Å². The van der Waals surface area contributed by atoms with Gasteiger partial charge in [0.25, 0.3) is 0 Å². The Labute approximate surface area is 114 Å². The number of nitrogens with one attached hydrogen (secondary N) is 1. The van der Waals surface area contributed by atoms with Crippen LogP contribution >= 0.6 is 0 Å². The van der Waals surface area contributed by atoms with E-state index >= 15 is 0 Å². The molecule has 104 valence electrons. The van der Waals surface area contributed by atoms with E-state index < -0.39 is 9.84 Å². The van der Waals surface area contributed by atoms with Gasteiger partial charge in [-0.2, -0.15) is 0 Å². The fraction of sp³-hybridized carbons (Fsp3) is 0.571. The second kappa shape index (κ2) is 5.23. The van der Waals surface area contributed by atoms with Crippen LogP contribution < -0.4 is 5.32 Å². The third kappa shape index (κ3) is 2.42. The van der Waals surface area contributed by atoms with Gasteiger partial charge in [-0.3, -0.25) is 0 Å². The van der Waals surface area contributed by atoms with Crippen LogP contribution in [0.15, 0.2) is 29.2 Å². The Hall–Kier alpha value is -0.910. The number of rotatable bonds is 3. The SMILES string of the molecule is O=S(=O)(c1ccccc1C1CNCCO1)C1CCC1. The summed E-state index contributed by atoms with van der Waals surface area (Å²) in [6.45, 7) is 2.13. The maximum Gasteiger partial charge on any atom is 0.181 e. The Morgan fingerprint density at radius 2 is 2.00 bits per heavy atom. The first-order valence-corrected chi connectivity index (χ1v) is 8.39. The van der Waals surface area contributed by atoms with Gasteiger partial charge in [-0.05, 0) is 18.9 Å². The zero-order valence-electron chi connectivity index (χ0n) is 10.8. The quantitative estimate of drug-likeness (QED) is 0.916. The van der Waals surface area contributed by atoms with Crippen LogP contribution in [0.5, 0.6) is 0 Å². The van der Waals surface area contributed by atoms with E-state index in [-0.39, 0.29) is 11.4 Å². The molecule has 5 heteroatoms. The molecule has 1 heterocycles. The second-order valence-electron chi connectivity index (χ2n) is 5.20. The van der Waals surface area contributed by atoms with Crippen LogP contribution in [-0.2, 0) is 14.6 Å². The molecular formula is C14H19NO3S. The van der Waals surface area contributed by atoms with Crippen LogP contribution in [0.25, 0.3) is 0 Å². The van der Waals surface area contributed by atoms with Crippen molar-refractivity contribution in [1.82, 2.24) is 5.32 Å². The molecule has 0 amide bonds. The lowest BCUT2D eigenvalue weighted by atomic mass is 10.00. The van der Waals surface area contributed by atoms with Gasteiger partial charge in [0.05, 0.1) is 22.9 Å². The molecule has 1 N–H and O–H groups in total. The molecule has 1 aliphatic carbocycles. The summed E-state index contributed by atoms with van der Waals surface area (Å²) in [5.74, 6) is 0. The van der Waals surface area contributed by atoms with Gasteiger partial charge in [-0.1, -0.05) is 24.6 Å². The van der Waals surface area contributed by atoms with Gasteiger partial charge >= 0.3 is 0 Å². The Morgan fingerprint density at radius 3 is 2.63 bits per heavy atom. The molecule has 1 unspecified atom stereocenters. The monoisotopic (exact) mass is 281 g/mol. The summed E-state index contributed by atoms with van der Waals surface area (Å²) < 4.78 is 30.9. The van der Waals surface area contributed by atoms with Crippen LogP contribution in [0, 0.1) is 0 Å². The molecule has 0 bridgehead atoms. The maximum atomic E-state index is 12.6. The predicted molar refractivity (Wildman–Crippen MR) is 72.8 cm³/mol. The second-order valence-corrected chi connectivity index (χ2v) is 7.40. The normalized spacial score (nSPS) is 24.9. The highest BCUT2D eigenvalue weighted by molar-refractivity contribution is 7.92. The standard InChI is InChI=1S/C14H19NO3S/c16-19(17,11-4-3-5-11)14-7-2-1-6-12(14)13-10-15-8-9-18-13/h1-2,6-7,11,13,15H,3-5,8-10H2. The van der Waals surface area contributed by atoms with E-state index in [2.05, 4.69) is 5.32 Å². The Balaban J connectivity index is 1.96. The summed E-state index contributed by atoms with van der Waals surface area (Å²) in [7, 11) is -3.19. The van der Waals surface area contributed by atoms with E-state index in [9.17, 15) is 8.42 Å². The van der Waals surface area contributed by atoms with E-state index in [4.69, 9.17) is 4.74 Å². The molecule has 0 radical (unpaired) electrons. The number of hydrogen-bond donors (Lipinski definition) is 1. The van der Waals surface area contributed by atoms with Crippen molar-refractivity contribution in [2.24, 2.45) is 0 Å². The smallest absolute Gasteiger partial charge is 0.181 e. The topological polar surface area (TPSA) is 55.4 Å². The number of benzene rings is 1. The predicted octanol–water partition coefficient (Wildman–Crippen LogP) is 1.67. The van der Waals surface area contributed by atoms with Gasteiger partial charge in [0.1, 0.15) is 0 Å². The van der Waals surface area contributed by atoms with Crippen LogP contribution in [0.2, 0.25) is 0 Å². The lowest BCUT2D eigenvalue weighted by Gasteiger charge is -2.29. The van der Waals surface area contributed by atoms with E-state index in [1.54, 1.807) is 12.1 Å². The molecule has 1 aromatic rings. The van der Waals surface area contributed by atoms with Gasteiger partial charge in [0.2, 0.25) is 0 Å². The van der Waals surface area contributed by atoms with E-state index in [1.807, 2.05) is 12.1 Å². The average Bonchev–Trinajstić information content (AvgIpc) is 2.37. The first-order chi connectivity index (χ1) is 9.19. The number of sulfone groups is 1. The third-order valence-corrected chi connectivity index (χ3v) is 6.32. The molecule has 2 aliphatic rings. The van der Waals surface area contributed by atoms with Crippen LogP contribution in [0.1, 0.15) is 30.9 Å². The summed E-state index contributed by atoms with van der Waals surface area (Å²) >= 11 is 0. The van der Waals surface area contributed by atoms with Crippen LogP contribution in [0.4, 0.5) is 0 Å². The van der Waals surface area contributed by atoms with Crippen molar-refractivity contribution < 1.29 is 13.2 Å². The molecule has 0 spiro atoms. The largest absolute Gasteiger partial charge is 0.371 e. The Morgan fingerprint density at radius 1 is 1.21 bits per heavy atom. The van der Waals surface area contributed by atoms with E-state index in [0.29, 0.717) is 18.0 Å². The minimum atomic E-state index is -3.19. The van der Waals surface area contributed by atoms with Crippen molar-refractivity contribution in [2.45, 2.75) is 35.5 Å². The fourth-order valence-electron chi connectivity index (χ4n) is 2.63. The Kier molecular flexibility index (Phi) is 3.60. The van der Waals surface area contributed by atoms with Gasteiger partial charge in [-0.15, -0.1) is 0 Å². The first-order valence-electron chi connectivity index (χ1n) is 6.85. The fourth-order valence-corrected chi connectivity index (χ4v) is 4.74. The molecule has 4 nitrogen and oxygen atoms in total. The van der Waals surface area contributed by atoms with Crippen LogP contribution in [0.3, 0.4) is 0 Å². The molecule has 3 rings (SSSR count). The van der Waals surface area contributed by atoms with Crippen molar-refractivity contribution in [2.75, 3.05) is 19.7 Å². The third-order valence-electron chi connectivity index (χ3n) is 3.99. The molecule has 0 aromatic heterocycles. The molecule has 1 saturated heterocycles. The molecule has 1 aliphatic heterocycles. The minimum Gasteiger partial charge on any atom is -0.371 e. The molecule has 2 fully saturated rings. The van der Waals surface area contributed by atoms with Crippen molar-refractivity contribution in [1.29, 1.82) is 0 Å². The number of ether oxygens (including phenoxy) is 1. The van der Waals surface area contributed by atoms with E-state index in [1.165, 1.54) is 0 Å². The average molecular weight is 281 g/mol. The molecule has 1 atom stereocenters. The molecule has 19 heavy (non-hydrogen) atoms. The summed E-state index contributed by atoms with van der Waals surface area (Å²) in [6.07, 6.45) is 2.45. The van der Waals surface area contributed by atoms with Gasteiger partial charge in [-0.25, -0.2) is 8.42 Å². The highest BCUT2D eigenvalue weighted by Gasteiger charge is 2.35. The highest BCUT2D eigenvalue weighted by Crippen LogP contribution is 2.35. The summed E-state index contributed by atoms with van der Waals surface area (Å²) in [5.41, 5.74) is 0.807. The maximum absolute atomic E-state index is 12.6. The molecule has 1 aromatic carbocycles. The van der Waals surface area contributed by atoms with Crippen molar-refractivity contribution in [3.05, 3.63) is 29.8 Å².